The second kappa shape index (κ2) is 4.10. The van der Waals surface area contributed by atoms with Crippen molar-refractivity contribution in [2.45, 2.75) is 44.3 Å². The molecule has 0 saturated carbocycles. The monoisotopic (exact) mass is 212 g/mol. The number of nitrogens with one attached hydrogen (secondary N) is 1. The number of carbonyl (C=O) groups is 1. The Hall–Kier alpha value is -0.610. The van der Waals surface area contributed by atoms with Crippen molar-refractivity contribution in [3.63, 3.8) is 0 Å². The number of aliphatic hydroxyl groups is 1. The molecule has 2 bridgehead atoms. The van der Waals surface area contributed by atoms with E-state index in [1.54, 1.807) is 11.9 Å². The maximum atomic E-state index is 12.1. The summed E-state index contributed by atoms with van der Waals surface area (Å²) in [6.45, 7) is 1.91. The summed E-state index contributed by atoms with van der Waals surface area (Å²) in [6, 6.07) is 0.870. The Labute approximate surface area is 90.6 Å². The normalized spacial score (nSPS) is 35.5. The molecule has 2 fully saturated rings. The zero-order valence-corrected chi connectivity index (χ0v) is 9.44. The van der Waals surface area contributed by atoms with Crippen LogP contribution in [0.1, 0.15) is 26.2 Å². The minimum Gasteiger partial charge on any atom is -0.394 e. The van der Waals surface area contributed by atoms with Crippen LogP contribution >= 0.6 is 0 Å². The largest absolute Gasteiger partial charge is 0.394 e. The van der Waals surface area contributed by atoms with E-state index in [2.05, 4.69) is 5.32 Å². The van der Waals surface area contributed by atoms with Gasteiger partial charge >= 0.3 is 0 Å². The van der Waals surface area contributed by atoms with Crippen LogP contribution in [0.3, 0.4) is 0 Å². The third-order valence-corrected chi connectivity index (χ3v) is 3.89. The Bertz CT molecular complexity index is 257. The van der Waals surface area contributed by atoms with Crippen LogP contribution in [0.25, 0.3) is 0 Å². The average molecular weight is 212 g/mol. The fraction of sp³-hybridized carbons (Fsp3) is 0.909. The highest BCUT2D eigenvalue weighted by Crippen LogP contribution is 2.34. The molecule has 1 amide bonds. The van der Waals surface area contributed by atoms with Gasteiger partial charge in [0.05, 0.1) is 18.6 Å². The van der Waals surface area contributed by atoms with E-state index in [9.17, 15) is 4.79 Å². The second-order valence-corrected chi connectivity index (χ2v) is 4.87. The van der Waals surface area contributed by atoms with Gasteiger partial charge in [0.25, 0.3) is 0 Å². The van der Waals surface area contributed by atoms with Gasteiger partial charge in [-0.15, -0.1) is 0 Å². The molecule has 4 unspecified atom stereocenters. The van der Waals surface area contributed by atoms with E-state index in [1.165, 1.54) is 6.42 Å². The predicted molar refractivity (Wildman–Crippen MR) is 57.4 cm³/mol. The zero-order valence-electron chi connectivity index (χ0n) is 9.44. The maximum absolute atomic E-state index is 12.1. The van der Waals surface area contributed by atoms with Gasteiger partial charge in [0.15, 0.2) is 0 Å². The molecule has 2 N–H and O–H groups in total. The summed E-state index contributed by atoms with van der Waals surface area (Å²) < 4.78 is 0. The highest BCUT2D eigenvalue weighted by atomic mass is 16.3. The van der Waals surface area contributed by atoms with Gasteiger partial charge in [-0.2, -0.15) is 0 Å². The maximum Gasteiger partial charge on any atom is 0.227 e. The van der Waals surface area contributed by atoms with E-state index in [4.69, 9.17) is 5.11 Å². The molecule has 2 rings (SSSR count). The summed E-state index contributed by atoms with van der Waals surface area (Å²) in [7, 11) is 1.79. The molecule has 0 aromatic carbocycles. The summed E-state index contributed by atoms with van der Waals surface area (Å²) in [5.41, 5.74) is 0. The summed E-state index contributed by atoms with van der Waals surface area (Å²) in [6.07, 6.45) is 3.32. The first-order valence-corrected chi connectivity index (χ1v) is 5.77. The van der Waals surface area contributed by atoms with Crippen molar-refractivity contribution in [3.8, 4) is 0 Å². The van der Waals surface area contributed by atoms with Crippen molar-refractivity contribution in [2.24, 2.45) is 5.92 Å². The standard InChI is InChI=1S/C11H20N2O2/c1-7(6-14)13(2)11(15)9-5-8-3-4-10(9)12-8/h7-10,12,14H,3-6H2,1-2H3. The van der Waals surface area contributed by atoms with Crippen molar-refractivity contribution in [1.29, 1.82) is 0 Å². The topological polar surface area (TPSA) is 52.6 Å². The van der Waals surface area contributed by atoms with Crippen LogP contribution in [0, 0.1) is 5.92 Å². The average Bonchev–Trinajstić information content (AvgIpc) is 2.87. The first-order chi connectivity index (χ1) is 7.13. The Morgan fingerprint density at radius 1 is 1.60 bits per heavy atom. The van der Waals surface area contributed by atoms with Gasteiger partial charge in [-0.1, -0.05) is 0 Å². The Kier molecular flexibility index (Phi) is 2.98. The molecule has 15 heavy (non-hydrogen) atoms. The lowest BCUT2D eigenvalue weighted by atomic mass is 9.88. The predicted octanol–water partition coefficient (Wildman–Crippen LogP) is -0.0339. The second-order valence-electron chi connectivity index (χ2n) is 4.87. The van der Waals surface area contributed by atoms with Crippen molar-refractivity contribution in [3.05, 3.63) is 0 Å². The van der Waals surface area contributed by atoms with Crippen molar-refractivity contribution < 1.29 is 9.90 Å². The van der Waals surface area contributed by atoms with Gasteiger partial charge in [-0.05, 0) is 26.2 Å². The number of rotatable bonds is 3. The number of likely N-dealkylation sites (N-methyl/N-ethyl adjacent to an activating group) is 1. The Balaban J connectivity index is 1.96. The number of fused-ring (bicyclic) bond motifs is 2. The number of carbonyl (C=O) groups excluding carboxylic acids is 1. The lowest BCUT2D eigenvalue weighted by Gasteiger charge is -2.29. The molecule has 4 nitrogen and oxygen atoms in total. The highest BCUT2D eigenvalue weighted by Gasteiger charge is 2.43. The number of amides is 1. The third-order valence-electron chi connectivity index (χ3n) is 3.89. The summed E-state index contributed by atoms with van der Waals surface area (Å²) in [5, 5.41) is 12.5. The lowest BCUT2D eigenvalue weighted by Crippen LogP contribution is -2.44. The summed E-state index contributed by atoms with van der Waals surface area (Å²) in [4.78, 5) is 13.8. The van der Waals surface area contributed by atoms with Crippen LogP contribution in [0.4, 0.5) is 0 Å². The fourth-order valence-corrected chi connectivity index (χ4v) is 2.70. The van der Waals surface area contributed by atoms with E-state index < -0.39 is 0 Å². The molecule has 2 aliphatic heterocycles. The molecular weight excluding hydrogens is 192 g/mol. The van der Waals surface area contributed by atoms with Crippen molar-refractivity contribution in [1.82, 2.24) is 10.2 Å². The SMILES string of the molecule is CC(CO)N(C)C(=O)C1CC2CCC1N2. The van der Waals surface area contributed by atoms with Crippen LogP contribution in [0.5, 0.6) is 0 Å². The van der Waals surface area contributed by atoms with E-state index in [0.29, 0.717) is 12.1 Å². The number of hydrogen-bond donors (Lipinski definition) is 2. The molecular formula is C11H20N2O2. The van der Waals surface area contributed by atoms with Gasteiger partial charge in [0.2, 0.25) is 5.91 Å². The third kappa shape index (κ3) is 1.88. The smallest absolute Gasteiger partial charge is 0.227 e. The summed E-state index contributed by atoms with van der Waals surface area (Å²) in [5.74, 6) is 0.332. The minimum absolute atomic E-state index is 0.0382. The molecule has 2 heterocycles. The lowest BCUT2D eigenvalue weighted by molar-refractivity contribution is -0.137. The quantitative estimate of drug-likeness (QED) is 0.690. The molecule has 2 aliphatic rings. The molecule has 86 valence electrons. The van der Waals surface area contributed by atoms with Crippen molar-refractivity contribution >= 4 is 5.91 Å². The van der Waals surface area contributed by atoms with E-state index >= 15 is 0 Å². The van der Waals surface area contributed by atoms with Gasteiger partial charge in [0, 0.05) is 19.1 Å². The van der Waals surface area contributed by atoms with E-state index in [0.717, 1.165) is 12.8 Å². The van der Waals surface area contributed by atoms with E-state index in [1.807, 2.05) is 6.92 Å². The molecule has 0 aliphatic carbocycles. The molecule has 2 saturated heterocycles. The number of hydrogen-bond acceptors (Lipinski definition) is 3. The van der Waals surface area contributed by atoms with Gasteiger partial charge in [0.1, 0.15) is 0 Å². The van der Waals surface area contributed by atoms with Crippen LogP contribution in [-0.4, -0.2) is 47.7 Å². The van der Waals surface area contributed by atoms with E-state index in [-0.39, 0.29) is 24.5 Å². The minimum atomic E-state index is -0.0726. The first kappa shape index (κ1) is 10.9. The van der Waals surface area contributed by atoms with Gasteiger partial charge < -0.3 is 15.3 Å². The fourth-order valence-electron chi connectivity index (χ4n) is 2.70. The van der Waals surface area contributed by atoms with Crippen molar-refractivity contribution in [2.75, 3.05) is 13.7 Å². The molecule has 4 heteroatoms. The van der Waals surface area contributed by atoms with Crippen LogP contribution < -0.4 is 5.32 Å². The molecule has 0 aromatic heterocycles. The summed E-state index contributed by atoms with van der Waals surface area (Å²) >= 11 is 0. The number of aliphatic hydroxyl groups excluding tert-OH is 1. The van der Waals surface area contributed by atoms with Gasteiger partial charge in [-0.25, -0.2) is 0 Å². The Morgan fingerprint density at radius 3 is 2.80 bits per heavy atom. The van der Waals surface area contributed by atoms with Gasteiger partial charge in [-0.3, -0.25) is 4.79 Å². The molecule has 0 spiro atoms. The Morgan fingerprint density at radius 2 is 2.33 bits per heavy atom. The highest BCUT2D eigenvalue weighted by molar-refractivity contribution is 5.80. The molecule has 0 aromatic rings. The number of nitrogens with zero attached hydrogens (tertiary/aromatic N) is 1. The molecule has 0 radical (unpaired) electrons. The van der Waals surface area contributed by atoms with Crippen LogP contribution in [0.2, 0.25) is 0 Å². The molecule has 4 atom stereocenters. The zero-order chi connectivity index (χ0) is 11.0. The first-order valence-electron chi connectivity index (χ1n) is 5.77. The van der Waals surface area contributed by atoms with Crippen LogP contribution in [0.15, 0.2) is 0 Å². The van der Waals surface area contributed by atoms with Crippen LogP contribution in [-0.2, 0) is 4.79 Å².